The summed E-state index contributed by atoms with van der Waals surface area (Å²) in [6.45, 7) is 4.57. The Balaban J connectivity index is 1.24. The molecule has 1 atom stereocenters. The third kappa shape index (κ3) is 6.12. The van der Waals surface area contributed by atoms with Crippen LogP contribution in [0.4, 0.5) is 30.6 Å². The fourth-order valence-electron chi connectivity index (χ4n) is 5.73. The number of nitrogens with one attached hydrogen (secondary N) is 1. The Morgan fingerprint density at radius 3 is 2.45 bits per heavy atom. The summed E-state index contributed by atoms with van der Waals surface area (Å²) in [7, 11) is 2.16. The number of likely N-dealkylation sites (N-methyl/N-ethyl adjacent to an activating group) is 1. The molecule has 44 heavy (non-hydrogen) atoms. The second-order valence-corrected chi connectivity index (χ2v) is 11.4. The number of aliphatic hydroxyl groups is 1. The van der Waals surface area contributed by atoms with Gasteiger partial charge in [-0.05, 0) is 81.7 Å². The first-order valence-electron chi connectivity index (χ1n) is 14.4. The zero-order valence-electron chi connectivity index (χ0n) is 24.2. The Hall–Kier alpha value is -4.06. The molecule has 0 saturated carbocycles. The summed E-state index contributed by atoms with van der Waals surface area (Å²) in [4.78, 5) is 20.6. The molecule has 6 rings (SSSR count). The fraction of sp³-hybridized carbons (Fsp3) is 0.312. The van der Waals surface area contributed by atoms with Crippen molar-refractivity contribution in [2.24, 2.45) is 0 Å². The van der Waals surface area contributed by atoms with Crippen LogP contribution in [0.5, 0.6) is 0 Å². The van der Waals surface area contributed by atoms with Crippen LogP contribution >= 0.6 is 11.6 Å². The minimum Gasteiger partial charge on any atom is -0.369 e. The van der Waals surface area contributed by atoms with Gasteiger partial charge in [-0.2, -0.15) is 18.2 Å². The van der Waals surface area contributed by atoms with E-state index in [1.165, 1.54) is 11.6 Å². The van der Waals surface area contributed by atoms with Crippen molar-refractivity contribution < 1.29 is 18.3 Å². The van der Waals surface area contributed by atoms with Gasteiger partial charge in [0.05, 0.1) is 5.69 Å². The summed E-state index contributed by atoms with van der Waals surface area (Å²) in [6, 6.07) is 14.1. The van der Waals surface area contributed by atoms with Crippen LogP contribution in [0, 0.1) is 0 Å². The quantitative estimate of drug-likeness (QED) is 0.241. The number of hydrogen-bond donors (Lipinski definition) is 2. The molecule has 2 N–H and O–H groups in total. The minimum atomic E-state index is -4.59. The van der Waals surface area contributed by atoms with Gasteiger partial charge in [0.1, 0.15) is 17.8 Å². The third-order valence-corrected chi connectivity index (χ3v) is 8.50. The van der Waals surface area contributed by atoms with Gasteiger partial charge in [0.2, 0.25) is 5.95 Å². The van der Waals surface area contributed by atoms with Crippen molar-refractivity contribution in [3.05, 3.63) is 88.5 Å². The van der Waals surface area contributed by atoms with Crippen LogP contribution in [0.25, 0.3) is 22.9 Å². The molecule has 2 aromatic carbocycles. The summed E-state index contributed by atoms with van der Waals surface area (Å²) < 4.78 is 39.5. The molecule has 4 aromatic rings. The van der Waals surface area contributed by atoms with Crippen LogP contribution in [0.3, 0.4) is 0 Å². The Labute approximate surface area is 258 Å². The SMILES string of the molecule is CCN1c2nc(Nc3ccc(C4CCN(C)CC4)cc3)ncc2C=C(c2ccc(-c3cc(C(F)(F)F)ncn3)cc2Cl)C1O. The van der Waals surface area contributed by atoms with Gasteiger partial charge >= 0.3 is 6.18 Å². The van der Waals surface area contributed by atoms with E-state index < -0.39 is 18.1 Å². The van der Waals surface area contributed by atoms with Crippen LogP contribution < -0.4 is 10.2 Å². The maximum Gasteiger partial charge on any atom is 0.433 e. The lowest BCUT2D eigenvalue weighted by Crippen LogP contribution is -2.39. The van der Waals surface area contributed by atoms with Gasteiger partial charge in [-0.15, -0.1) is 0 Å². The van der Waals surface area contributed by atoms with E-state index in [9.17, 15) is 18.3 Å². The van der Waals surface area contributed by atoms with Gasteiger partial charge in [-0.25, -0.2) is 15.0 Å². The minimum absolute atomic E-state index is 0.0874. The summed E-state index contributed by atoms with van der Waals surface area (Å²) in [5, 5.41) is 14.9. The maximum absolute atomic E-state index is 13.2. The Kier molecular flexibility index (Phi) is 8.28. The number of likely N-dealkylation sites (tertiary alicyclic amines) is 1. The van der Waals surface area contributed by atoms with Gasteiger partial charge in [-0.3, -0.25) is 0 Å². The molecule has 4 heterocycles. The number of piperidine rings is 1. The molecule has 0 amide bonds. The summed E-state index contributed by atoms with van der Waals surface area (Å²) >= 11 is 6.63. The number of fused-ring (bicyclic) bond motifs is 1. The molecule has 1 unspecified atom stereocenters. The first kappa shape index (κ1) is 30.0. The monoisotopic (exact) mass is 621 g/mol. The number of hydrogen-bond acceptors (Lipinski definition) is 8. The van der Waals surface area contributed by atoms with Crippen LogP contribution in [0.15, 0.2) is 61.1 Å². The van der Waals surface area contributed by atoms with Gasteiger partial charge in [0, 0.05) is 45.7 Å². The molecule has 1 fully saturated rings. The van der Waals surface area contributed by atoms with Crippen molar-refractivity contribution in [1.82, 2.24) is 24.8 Å². The fourth-order valence-corrected chi connectivity index (χ4v) is 6.02. The van der Waals surface area contributed by atoms with Crippen molar-refractivity contribution in [3.63, 3.8) is 0 Å². The predicted octanol–water partition coefficient (Wildman–Crippen LogP) is 6.86. The first-order valence-corrected chi connectivity index (χ1v) is 14.8. The number of halogens is 4. The normalized spacial score (nSPS) is 17.8. The average Bonchev–Trinajstić information content (AvgIpc) is 3.01. The molecule has 2 aliphatic heterocycles. The summed E-state index contributed by atoms with van der Waals surface area (Å²) in [6.07, 6.45) is 0.989. The number of benzene rings is 2. The van der Waals surface area contributed by atoms with Crippen molar-refractivity contribution in [3.8, 4) is 11.3 Å². The van der Waals surface area contributed by atoms with Crippen molar-refractivity contribution in [1.29, 1.82) is 0 Å². The highest BCUT2D eigenvalue weighted by atomic mass is 35.5. The molecule has 0 aliphatic carbocycles. The van der Waals surface area contributed by atoms with E-state index in [0.717, 1.165) is 44.0 Å². The molecule has 0 spiro atoms. The topological polar surface area (TPSA) is 90.3 Å². The van der Waals surface area contributed by atoms with E-state index in [-0.39, 0.29) is 10.7 Å². The van der Waals surface area contributed by atoms with E-state index in [4.69, 9.17) is 16.6 Å². The molecule has 2 aliphatic rings. The van der Waals surface area contributed by atoms with E-state index in [0.29, 0.717) is 46.5 Å². The second kappa shape index (κ2) is 12.1. The van der Waals surface area contributed by atoms with Gasteiger partial charge < -0.3 is 20.2 Å². The van der Waals surface area contributed by atoms with Crippen molar-refractivity contribution in [2.45, 2.75) is 38.1 Å². The molecule has 0 bridgehead atoms. The van der Waals surface area contributed by atoms with Gasteiger partial charge in [0.15, 0.2) is 6.23 Å². The predicted molar refractivity (Wildman–Crippen MR) is 166 cm³/mol. The highest BCUT2D eigenvalue weighted by Crippen LogP contribution is 2.39. The molecule has 228 valence electrons. The molecule has 2 aromatic heterocycles. The van der Waals surface area contributed by atoms with Crippen molar-refractivity contribution >= 4 is 40.7 Å². The lowest BCUT2D eigenvalue weighted by Gasteiger charge is -2.34. The molecule has 12 heteroatoms. The highest BCUT2D eigenvalue weighted by molar-refractivity contribution is 6.33. The van der Waals surface area contributed by atoms with Crippen molar-refractivity contribution in [2.75, 3.05) is 36.9 Å². The van der Waals surface area contributed by atoms with E-state index in [1.807, 2.05) is 19.1 Å². The van der Waals surface area contributed by atoms with Crippen LogP contribution in [0.2, 0.25) is 5.02 Å². The smallest absolute Gasteiger partial charge is 0.369 e. The van der Waals surface area contributed by atoms with Crippen LogP contribution in [-0.4, -0.2) is 62.9 Å². The number of anilines is 3. The zero-order valence-corrected chi connectivity index (χ0v) is 24.9. The number of alkyl halides is 3. The number of aromatic nitrogens is 4. The molecule has 1 saturated heterocycles. The Morgan fingerprint density at radius 1 is 1.02 bits per heavy atom. The number of aliphatic hydroxyl groups excluding tert-OH is 1. The molecular weight excluding hydrogens is 591 g/mol. The zero-order chi connectivity index (χ0) is 31.0. The van der Waals surface area contributed by atoms with Gasteiger partial charge in [0.25, 0.3) is 0 Å². The standard InChI is InChI=1S/C32H31ClF3N7O/c1-3-43-29-22(17-37-31(41-29)40-23-7-4-19(5-8-23)20-10-12-42(2)13-11-20)14-25(30(43)44)24-9-6-21(15-26(24)33)27-16-28(32(34,35)36)39-18-38-27/h4-9,14-18,20,30,44H,3,10-13H2,1-2H3,(H,37,40,41). The molecular formula is C32H31ClF3N7O. The Bertz CT molecular complexity index is 1690. The molecule has 0 radical (unpaired) electrons. The van der Waals surface area contributed by atoms with Gasteiger partial charge in [-0.1, -0.05) is 35.9 Å². The highest BCUT2D eigenvalue weighted by Gasteiger charge is 2.33. The summed E-state index contributed by atoms with van der Waals surface area (Å²) in [5.41, 5.74) is 3.39. The van der Waals surface area contributed by atoms with Crippen LogP contribution in [0.1, 0.15) is 48.1 Å². The second-order valence-electron chi connectivity index (χ2n) is 11.0. The van der Waals surface area contributed by atoms with E-state index in [2.05, 4.69) is 44.3 Å². The lowest BCUT2D eigenvalue weighted by atomic mass is 9.89. The maximum atomic E-state index is 13.2. The van der Waals surface area contributed by atoms with Crippen LogP contribution in [-0.2, 0) is 6.18 Å². The van der Waals surface area contributed by atoms with E-state index in [1.54, 1.807) is 29.3 Å². The Morgan fingerprint density at radius 2 is 1.77 bits per heavy atom. The average molecular weight is 622 g/mol. The van der Waals surface area contributed by atoms with E-state index >= 15 is 0 Å². The summed E-state index contributed by atoms with van der Waals surface area (Å²) in [5.74, 6) is 1.54. The third-order valence-electron chi connectivity index (χ3n) is 8.18. The number of nitrogens with zero attached hydrogens (tertiary/aromatic N) is 6. The number of rotatable bonds is 6. The lowest BCUT2D eigenvalue weighted by molar-refractivity contribution is -0.141. The first-order chi connectivity index (χ1) is 21.1. The largest absolute Gasteiger partial charge is 0.433 e. The molecule has 8 nitrogen and oxygen atoms in total.